The van der Waals surface area contributed by atoms with Crippen LogP contribution in [0.2, 0.25) is 0 Å². The Morgan fingerprint density at radius 3 is 2.82 bits per heavy atom. The number of hydrogen-bond donors (Lipinski definition) is 0. The molecule has 0 spiro atoms. The van der Waals surface area contributed by atoms with Crippen molar-refractivity contribution in [3.05, 3.63) is 35.4 Å². The molecular weight excluding hydrogens is 272 g/mol. The van der Waals surface area contributed by atoms with Crippen molar-refractivity contribution in [1.82, 2.24) is 0 Å². The lowest BCUT2D eigenvalue weighted by molar-refractivity contribution is -0.154. The van der Waals surface area contributed by atoms with Gasteiger partial charge in [0.15, 0.2) is 0 Å². The van der Waals surface area contributed by atoms with Gasteiger partial charge in [-0.05, 0) is 67.4 Å². The second kappa shape index (κ2) is 5.11. The summed E-state index contributed by atoms with van der Waals surface area (Å²) in [6.07, 6.45) is 7.44. The highest BCUT2D eigenvalue weighted by Gasteiger charge is 2.55. The Bertz CT molecular complexity index is 593. The number of fused-ring (bicyclic) bond motifs is 5. The van der Waals surface area contributed by atoms with Crippen LogP contribution in [0.4, 0.5) is 0 Å². The van der Waals surface area contributed by atoms with E-state index in [2.05, 4.69) is 31.2 Å². The van der Waals surface area contributed by atoms with Crippen molar-refractivity contribution in [3.8, 4) is 0 Å². The van der Waals surface area contributed by atoms with Gasteiger partial charge in [-0.3, -0.25) is 4.79 Å². The predicted molar refractivity (Wildman–Crippen MR) is 86.6 cm³/mol. The lowest BCUT2D eigenvalue weighted by Crippen LogP contribution is -2.45. The molecule has 118 valence electrons. The van der Waals surface area contributed by atoms with Gasteiger partial charge in [0.05, 0.1) is 0 Å². The highest BCUT2D eigenvalue weighted by molar-refractivity contribution is 5.66. The van der Waals surface area contributed by atoms with Crippen molar-refractivity contribution in [2.75, 3.05) is 0 Å². The van der Waals surface area contributed by atoms with Crippen LogP contribution in [0.1, 0.15) is 63.0 Å². The smallest absolute Gasteiger partial charge is 0.302 e. The first-order valence-electron chi connectivity index (χ1n) is 8.84. The van der Waals surface area contributed by atoms with Crippen LogP contribution in [0.25, 0.3) is 0 Å². The van der Waals surface area contributed by atoms with Crippen LogP contribution in [0.15, 0.2) is 24.3 Å². The number of benzene rings is 1. The zero-order valence-corrected chi connectivity index (χ0v) is 13.7. The van der Waals surface area contributed by atoms with Crippen molar-refractivity contribution in [3.63, 3.8) is 0 Å². The van der Waals surface area contributed by atoms with E-state index in [4.69, 9.17) is 4.74 Å². The number of carbonyl (C=O) groups is 1. The van der Waals surface area contributed by atoms with E-state index in [0.717, 1.165) is 24.2 Å². The lowest BCUT2D eigenvalue weighted by atomic mass is 9.55. The normalized spacial score (nSPS) is 39.5. The average Bonchev–Trinajstić information content (AvgIpc) is 2.83. The molecule has 1 unspecified atom stereocenters. The molecule has 22 heavy (non-hydrogen) atoms. The Hall–Kier alpha value is -1.31. The minimum Gasteiger partial charge on any atom is -0.462 e. The number of aryl methyl sites for hydroxylation is 1. The van der Waals surface area contributed by atoms with Gasteiger partial charge >= 0.3 is 5.97 Å². The molecule has 2 saturated carbocycles. The summed E-state index contributed by atoms with van der Waals surface area (Å²) in [5.74, 6) is 2.14. The zero-order valence-electron chi connectivity index (χ0n) is 13.7. The van der Waals surface area contributed by atoms with Gasteiger partial charge < -0.3 is 4.74 Å². The Balaban J connectivity index is 1.63. The molecule has 1 aromatic rings. The fraction of sp³-hybridized carbons (Fsp3) is 0.650. The molecule has 0 N–H and O–H groups in total. The second-order valence-corrected chi connectivity index (χ2v) is 7.83. The largest absolute Gasteiger partial charge is 0.462 e. The van der Waals surface area contributed by atoms with Crippen molar-refractivity contribution in [1.29, 1.82) is 0 Å². The summed E-state index contributed by atoms with van der Waals surface area (Å²) >= 11 is 0. The van der Waals surface area contributed by atoms with Gasteiger partial charge in [0.1, 0.15) is 6.10 Å². The fourth-order valence-electron chi connectivity index (χ4n) is 5.87. The minimum atomic E-state index is -0.108. The topological polar surface area (TPSA) is 26.3 Å². The van der Waals surface area contributed by atoms with E-state index >= 15 is 0 Å². The molecule has 0 amide bonds. The van der Waals surface area contributed by atoms with Crippen molar-refractivity contribution in [2.24, 2.45) is 17.3 Å². The van der Waals surface area contributed by atoms with Gasteiger partial charge in [-0.25, -0.2) is 0 Å². The van der Waals surface area contributed by atoms with E-state index in [1.165, 1.54) is 32.1 Å². The molecule has 3 aliphatic rings. The first-order chi connectivity index (χ1) is 10.6. The molecule has 0 aromatic heterocycles. The monoisotopic (exact) mass is 298 g/mol. The van der Waals surface area contributed by atoms with Crippen LogP contribution in [0.5, 0.6) is 0 Å². The van der Waals surface area contributed by atoms with E-state index in [0.29, 0.717) is 0 Å². The molecule has 0 heterocycles. The van der Waals surface area contributed by atoms with Gasteiger partial charge in [-0.1, -0.05) is 31.2 Å². The molecule has 1 aromatic carbocycles. The summed E-state index contributed by atoms with van der Waals surface area (Å²) in [6.45, 7) is 3.94. The van der Waals surface area contributed by atoms with Crippen LogP contribution in [-0.2, 0) is 16.0 Å². The van der Waals surface area contributed by atoms with Crippen molar-refractivity contribution < 1.29 is 9.53 Å². The Morgan fingerprint density at radius 1 is 1.18 bits per heavy atom. The van der Waals surface area contributed by atoms with Crippen LogP contribution in [-0.4, -0.2) is 12.1 Å². The Kier molecular flexibility index (Phi) is 3.32. The number of esters is 1. The fourth-order valence-corrected chi connectivity index (χ4v) is 5.87. The maximum Gasteiger partial charge on any atom is 0.302 e. The van der Waals surface area contributed by atoms with Crippen molar-refractivity contribution >= 4 is 5.97 Å². The summed E-state index contributed by atoms with van der Waals surface area (Å²) in [7, 11) is 0. The van der Waals surface area contributed by atoms with E-state index in [-0.39, 0.29) is 17.5 Å². The van der Waals surface area contributed by atoms with Crippen LogP contribution < -0.4 is 0 Å². The molecule has 2 fully saturated rings. The number of rotatable bonds is 1. The highest BCUT2D eigenvalue weighted by atomic mass is 16.5. The Morgan fingerprint density at radius 2 is 2.00 bits per heavy atom. The predicted octanol–water partition coefficient (Wildman–Crippen LogP) is 4.47. The molecule has 0 aliphatic heterocycles. The molecule has 0 bridgehead atoms. The molecule has 4 rings (SSSR count). The maximum absolute atomic E-state index is 11.4. The molecule has 5 atom stereocenters. The van der Waals surface area contributed by atoms with E-state index in [1.54, 1.807) is 18.1 Å². The number of carbonyl (C=O) groups excluding carboxylic acids is 1. The van der Waals surface area contributed by atoms with Gasteiger partial charge in [-0.15, -0.1) is 0 Å². The third-order valence-corrected chi connectivity index (χ3v) is 6.86. The molecule has 3 aliphatic carbocycles. The number of ether oxygens (including phenoxy) is 1. The molecular formula is C20H26O2. The molecule has 0 saturated heterocycles. The third-order valence-electron chi connectivity index (χ3n) is 6.86. The average molecular weight is 298 g/mol. The minimum absolute atomic E-state index is 0.108. The zero-order chi connectivity index (χ0) is 15.3. The van der Waals surface area contributed by atoms with Gasteiger partial charge in [-0.2, -0.15) is 0 Å². The van der Waals surface area contributed by atoms with E-state index in [1.807, 2.05) is 0 Å². The second-order valence-electron chi connectivity index (χ2n) is 7.83. The number of hydrogen-bond acceptors (Lipinski definition) is 2. The molecule has 2 nitrogen and oxygen atoms in total. The van der Waals surface area contributed by atoms with Gasteiger partial charge in [0.25, 0.3) is 0 Å². The third kappa shape index (κ3) is 2.03. The van der Waals surface area contributed by atoms with Crippen LogP contribution >= 0.6 is 0 Å². The highest BCUT2D eigenvalue weighted by Crippen LogP contribution is 2.61. The van der Waals surface area contributed by atoms with Gasteiger partial charge in [0.2, 0.25) is 0 Å². The molecule has 0 radical (unpaired) electrons. The summed E-state index contributed by atoms with van der Waals surface area (Å²) in [4.78, 5) is 11.4. The first-order valence-corrected chi connectivity index (χ1v) is 8.84. The van der Waals surface area contributed by atoms with Crippen molar-refractivity contribution in [2.45, 2.75) is 64.4 Å². The summed E-state index contributed by atoms with van der Waals surface area (Å²) in [5.41, 5.74) is 3.39. The summed E-state index contributed by atoms with van der Waals surface area (Å²) in [6, 6.07) is 9.05. The molecule has 2 heteroatoms. The summed E-state index contributed by atoms with van der Waals surface area (Å²) < 4.78 is 5.69. The summed E-state index contributed by atoms with van der Waals surface area (Å²) in [5, 5.41) is 0. The standard InChI is InChI=1S/C20H26O2/c1-13(21)22-19-10-9-18-17-8-7-14-5-3-4-6-15(14)16(17)11-12-20(18,19)2/h3-6,16-19H,7-12H2,1-2H3/t16-,17-,18+,19?,20+/m1/s1. The maximum atomic E-state index is 11.4. The lowest BCUT2D eigenvalue weighted by Gasteiger charge is -2.50. The van der Waals surface area contributed by atoms with E-state index < -0.39 is 0 Å². The van der Waals surface area contributed by atoms with Gasteiger partial charge in [0, 0.05) is 12.3 Å². The Labute approximate surface area is 133 Å². The van der Waals surface area contributed by atoms with E-state index in [9.17, 15) is 4.79 Å². The first kappa shape index (κ1) is 14.3. The van der Waals surface area contributed by atoms with Crippen LogP contribution in [0.3, 0.4) is 0 Å². The SMILES string of the molecule is CC(=O)OC1CC[C@H]2[C@@H]3CCc4ccccc4[C@H]3CC[C@]12C. The van der Waals surface area contributed by atoms with Crippen LogP contribution in [0, 0.1) is 17.3 Å². The quantitative estimate of drug-likeness (QED) is 0.715.